The summed E-state index contributed by atoms with van der Waals surface area (Å²) in [6, 6.07) is 11.9. The molecule has 6 nitrogen and oxygen atoms in total. The van der Waals surface area contributed by atoms with Crippen LogP contribution in [0.4, 0.5) is 18.9 Å². The number of halogens is 3. The number of para-hydroxylation sites is 1. The molecule has 0 aliphatic rings. The van der Waals surface area contributed by atoms with Crippen molar-refractivity contribution in [3.63, 3.8) is 0 Å². The maximum Gasteiger partial charge on any atom is 0.418 e. The lowest BCUT2D eigenvalue weighted by molar-refractivity contribution is -0.137. The third kappa shape index (κ3) is 7.11. The summed E-state index contributed by atoms with van der Waals surface area (Å²) in [6.07, 6.45) is -4.57. The van der Waals surface area contributed by atoms with Crippen molar-refractivity contribution < 1.29 is 27.5 Å². The SMILES string of the molecule is COc1ccc(CNC(=O)CN(C)CC(=O)Nc2ccccc2C(F)(F)F)cc1. The van der Waals surface area contributed by atoms with Gasteiger partial charge < -0.3 is 15.4 Å². The van der Waals surface area contributed by atoms with Gasteiger partial charge in [-0.25, -0.2) is 0 Å². The Bertz CT molecular complexity index is 839. The number of benzene rings is 2. The lowest BCUT2D eigenvalue weighted by Gasteiger charge is -2.17. The molecule has 0 aliphatic heterocycles. The molecule has 0 aromatic heterocycles. The number of nitrogens with one attached hydrogen (secondary N) is 2. The zero-order valence-electron chi connectivity index (χ0n) is 16.0. The van der Waals surface area contributed by atoms with Crippen molar-refractivity contribution in [2.75, 3.05) is 32.6 Å². The van der Waals surface area contributed by atoms with E-state index in [-0.39, 0.29) is 24.7 Å². The molecule has 2 N–H and O–H groups in total. The van der Waals surface area contributed by atoms with Crippen molar-refractivity contribution in [1.82, 2.24) is 10.2 Å². The second kappa shape index (κ2) is 9.92. The first-order valence-corrected chi connectivity index (χ1v) is 8.73. The summed E-state index contributed by atoms with van der Waals surface area (Å²) in [5.41, 5.74) is -0.362. The van der Waals surface area contributed by atoms with Crippen molar-refractivity contribution in [1.29, 1.82) is 0 Å². The van der Waals surface area contributed by atoms with Gasteiger partial charge in [-0.15, -0.1) is 0 Å². The average molecular weight is 409 g/mol. The normalized spacial score (nSPS) is 11.2. The lowest BCUT2D eigenvalue weighted by Crippen LogP contribution is -2.38. The maximum atomic E-state index is 13.0. The highest BCUT2D eigenvalue weighted by Crippen LogP contribution is 2.34. The van der Waals surface area contributed by atoms with Crippen LogP contribution in [-0.2, 0) is 22.3 Å². The van der Waals surface area contributed by atoms with E-state index in [4.69, 9.17) is 4.74 Å². The van der Waals surface area contributed by atoms with Gasteiger partial charge in [-0.05, 0) is 36.9 Å². The molecular formula is C20H22F3N3O3. The van der Waals surface area contributed by atoms with Crippen LogP contribution in [0.3, 0.4) is 0 Å². The molecule has 29 heavy (non-hydrogen) atoms. The highest BCUT2D eigenvalue weighted by atomic mass is 19.4. The Morgan fingerprint density at radius 1 is 1.00 bits per heavy atom. The quantitative estimate of drug-likeness (QED) is 0.704. The van der Waals surface area contributed by atoms with Crippen molar-refractivity contribution in [2.24, 2.45) is 0 Å². The molecule has 0 heterocycles. The number of anilines is 1. The summed E-state index contributed by atoms with van der Waals surface area (Å²) >= 11 is 0. The summed E-state index contributed by atoms with van der Waals surface area (Å²) in [5, 5.41) is 4.96. The van der Waals surface area contributed by atoms with Gasteiger partial charge in [0.15, 0.2) is 0 Å². The first kappa shape index (κ1) is 22.2. The molecule has 0 spiro atoms. The molecule has 2 rings (SSSR count). The third-order valence-corrected chi connectivity index (χ3v) is 3.98. The monoisotopic (exact) mass is 409 g/mol. The van der Waals surface area contributed by atoms with E-state index in [9.17, 15) is 22.8 Å². The summed E-state index contributed by atoms with van der Waals surface area (Å²) < 4.78 is 44.0. The highest BCUT2D eigenvalue weighted by molar-refractivity contribution is 5.93. The van der Waals surface area contributed by atoms with Crippen LogP contribution in [0.1, 0.15) is 11.1 Å². The first-order valence-electron chi connectivity index (χ1n) is 8.73. The largest absolute Gasteiger partial charge is 0.497 e. The fourth-order valence-electron chi connectivity index (χ4n) is 2.58. The fourth-order valence-corrected chi connectivity index (χ4v) is 2.58. The second-order valence-corrected chi connectivity index (χ2v) is 6.39. The number of hydrogen-bond donors (Lipinski definition) is 2. The van der Waals surface area contributed by atoms with Gasteiger partial charge in [0.1, 0.15) is 5.75 Å². The van der Waals surface area contributed by atoms with Gasteiger partial charge in [-0.2, -0.15) is 13.2 Å². The molecule has 156 valence electrons. The molecule has 0 radical (unpaired) electrons. The van der Waals surface area contributed by atoms with Crippen LogP contribution in [0.2, 0.25) is 0 Å². The van der Waals surface area contributed by atoms with Crippen LogP contribution in [0.5, 0.6) is 5.75 Å². The number of hydrogen-bond acceptors (Lipinski definition) is 4. The van der Waals surface area contributed by atoms with E-state index in [0.29, 0.717) is 12.3 Å². The number of rotatable bonds is 8. The molecule has 0 unspecified atom stereocenters. The molecule has 2 amide bonds. The smallest absolute Gasteiger partial charge is 0.418 e. The van der Waals surface area contributed by atoms with E-state index in [2.05, 4.69) is 10.6 Å². The minimum atomic E-state index is -4.57. The molecule has 0 atom stereocenters. The average Bonchev–Trinajstić information content (AvgIpc) is 2.66. The fraction of sp³-hybridized carbons (Fsp3) is 0.300. The van der Waals surface area contributed by atoms with E-state index in [1.165, 1.54) is 30.1 Å². The van der Waals surface area contributed by atoms with Crippen molar-refractivity contribution in [3.8, 4) is 5.75 Å². The molecule has 0 saturated carbocycles. The van der Waals surface area contributed by atoms with Crippen molar-refractivity contribution in [2.45, 2.75) is 12.7 Å². The predicted octanol–water partition coefficient (Wildman–Crippen LogP) is 2.90. The molecule has 2 aromatic carbocycles. The van der Waals surface area contributed by atoms with Crippen LogP contribution < -0.4 is 15.4 Å². The van der Waals surface area contributed by atoms with E-state index in [1.807, 2.05) is 12.1 Å². The van der Waals surface area contributed by atoms with Gasteiger partial charge in [0.2, 0.25) is 11.8 Å². The summed E-state index contributed by atoms with van der Waals surface area (Å²) in [7, 11) is 3.09. The first-order chi connectivity index (χ1) is 13.7. The van der Waals surface area contributed by atoms with Crippen LogP contribution >= 0.6 is 0 Å². The Hall–Kier alpha value is -3.07. The summed E-state index contributed by atoms with van der Waals surface area (Å²) in [5.74, 6) is -0.253. The maximum absolute atomic E-state index is 13.0. The molecule has 0 fully saturated rings. The molecule has 9 heteroatoms. The number of amides is 2. The van der Waals surface area contributed by atoms with Gasteiger partial charge in [0.25, 0.3) is 0 Å². The Balaban J connectivity index is 1.81. The van der Waals surface area contributed by atoms with E-state index in [1.54, 1.807) is 19.2 Å². The Morgan fingerprint density at radius 2 is 1.62 bits per heavy atom. The topological polar surface area (TPSA) is 70.7 Å². The number of likely N-dealkylation sites (N-methyl/N-ethyl adjacent to an activating group) is 1. The zero-order valence-corrected chi connectivity index (χ0v) is 16.0. The molecule has 2 aromatic rings. The van der Waals surface area contributed by atoms with E-state index < -0.39 is 17.6 Å². The number of methoxy groups -OCH3 is 1. The highest BCUT2D eigenvalue weighted by Gasteiger charge is 2.33. The molecular weight excluding hydrogens is 387 g/mol. The van der Waals surface area contributed by atoms with Gasteiger partial charge in [0.05, 0.1) is 31.5 Å². The van der Waals surface area contributed by atoms with Gasteiger partial charge >= 0.3 is 6.18 Å². The molecule has 0 saturated heterocycles. The van der Waals surface area contributed by atoms with E-state index in [0.717, 1.165) is 11.6 Å². The van der Waals surface area contributed by atoms with Crippen molar-refractivity contribution >= 4 is 17.5 Å². The Kier molecular flexibility index (Phi) is 7.60. The van der Waals surface area contributed by atoms with Crippen LogP contribution in [0.15, 0.2) is 48.5 Å². The minimum Gasteiger partial charge on any atom is -0.497 e. The number of nitrogens with zero attached hydrogens (tertiary/aromatic N) is 1. The van der Waals surface area contributed by atoms with Crippen LogP contribution in [0, 0.1) is 0 Å². The Morgan fingerprint density at radius 3 is 2.24 bits per heavy atom. The second-order valence-electron chi connectivity index (χ2n) is 6.39. The number of carbonyl (C=O) groups excluding carboxylic acids is 2. The molecule has 0 aliphatic carbocycles. The predicted molar refractivity (Wildman–Crippen MR) is 102 cm³/mol. The number of alkyl halides is 3. The zero-order chi connectivity index (χ0) is 21.4. The summed E-state index contributed by atoms with van der Waals surface area (Å²) in [4.78, 5) is 25.5. The van der Waals surface area contributed by atoms with Gasteiger partial charge in [-0.3, -0.25) is 14.5 Å². The van der Waals surface area contributed by atoms with Crippen LogP contribution in [0.25, 0.3) is 0 Å². The molecule has 0 bridgehead atoms. The number of carbonyl (C=O) groups is 2. The number of ether oxygens (including phenoxy) is 1. The van der Waals surface area contributed by atoms with Gasteiger partial charge in [0, 0.05) is 6.54 Å². The minimum absolute atomic E-state index is 0.0789. The Labute approximate surface area is 166 Å². The van der Waals surface area contributed by atoms with Crippen molar-refractivity contribution in [3.05, 3.63) is 59.7 Å². The lowest BCUT2D eigenvalue weighted by atomic mass is 10.1. The van der Waals surface area contributed by atoms with Gasteiger partial charge in [-0.1, -0.05) is 24.3 Å². The summed E-state index contributed by atoms with van der Waals surface area (Å²) in [6.45, 7) is -0.00549. The van der Waals surface area contributed by atoms with Crippen LogP contribution in [-0.4, -0.2) is 44.0 Å². The third-order valence-electron chi connectivity index (χ3n) is 3.98. The van der Waals surface area contributed by atoms with E-state index >= 15 is 0 Å². The standard InChI is InChI=1S/C20H22F3N3O3/c1-26(12-18(27)24-11-14-7-9-15(29-2)10-8-14)13-19(28)25-17-6-4-3-5-16(17)20(21,22)23/h3-10H,11-13H2,1-2H3,(H,24,27)(H,25,28).